The number of carbonyl (C=O) groups is 2. The number of hydrogen-bond acceptors (Lipinski definition) is 8. The predicted octanol–water partition coefficient (Wildman–Crippen LogP) is 1.52. The quantitative estimate of drug-likeness (QED) is 0.335. The number of rotatable bonds is 9. The van der Waals surface area contributed by atoms with Crippen LogP contribution in [0.5, 0.6) is 5.75 Å². The lowest BCUT2D eigenvalue weighted by atomic mass is 9.92. The minimum absolute atomic E-state index is 0.0653. The van der Waals surface area contributed by atoms with Crippen molar-refractivity contribution in [3.8, 4) is 5.75 Å². The molecule has 0 spiro atoms. The average Bonchev–Trinajstić information content (AvgIpc) is 3.23. The highest BCUT2D eigenvalue weighted by molar-refractivity contribution is 5.80. The summed E-state index contributed by atoms with van der Waals surface area (Å²) in [6.45, 7) is -0.0653. The number of ether oxygens (including phenoxy) is 1. The molecule has 3 rings (SSSR count). The average molecular weight is 388 g/mol. The van der Waals surface area contributed by atoms with E-state index in [2.05, 4.69) is 26.0 Å². The van der Waals surface area contributed by atoms with E-state index in [1.165, 1.54) is 0 Å². The first-order valence-corrected chi connectivity index (χ1v) is 9.24. The number of nitrogens with zero attached hydrogens (tertiary/aromatic N) is 4. The van der Waals surface area contributed by atoms with Crippen LogP contribution >= 0.6 is 0 Å². The van der Waals surface area contributed by atoms with Gasteiger partial charge >= 0.3 is 0 Å². The summed E-state index contributed by atoms with van der Waals surface area (Å²) >= 11 is 0. The van der Waals surface area contributed by atoms with Crippen LogP contribution in [-0.2, 0) is 9.59 Å². The first-order chi connectivity index (χ1) is 13.6. The number of amides is 2. The lowest BCUT2D eigenvalue weighted by Gasteiger charge is -2.22. The minimum Gasteiger partial charge on any atom is -0.497 e. The fourth-order valence-electron chi connectivity index (χ4n) is 3.50. The Morgan fingerprint density at radius 3 is 2.86 bits per heavy atom. The van der Waals surface area contributed by atoms with Crippen LogP contribution in [0.2, 0.25) is 0 Å². The Bertz CT molecular complexity index is 827. The number of aromatic nitrogens is 3. The lowest BCUT2D eigenvalue weighted by molar-refractivity contribution is -0.154. The topological polar surface area (TPSA) is 130 Å². The molecule has 1 unspecified atom stereocenters. The van der Waals surface area contributed by atoms with Gasteiger partial charge in [0.15, 0.2) is 0 Å². The third-order valence-corrected chi connectivity index (χ3v) is 4.95. The molecule has 1 fully saturated rings. The van der Waals surface area contributed by atoms with E-state index in [4.69, 9.17) is 4.74 Å². The highest BCUT2D eigenvalue weighted by Gasteiger charge is 2.27. The van der Waals surface area contributed by atoms with Crippen molar-refractivity contribution in [2.45, 2.75) is 32.1 Å². The van der Waals surface area contributed by atoms with Gasteiger partial charge in [0, 0.05) is 6.07 Å². The molecule has 0 radical (unpaired) electrons. The summed E-state index contributed by atoms with van der Waals surface area (Å²) in [7, 11) is 1.56. The summed E-state index contributed by atoms with van der Waals surface area (Å²) in [4.78, 5) is 27.6. The molecule has 0 aliphatic heterocycles. The molecular weight excluding hydrogens is 364 g/mol. The van der Waals surface area contributed by atoms with Crippen LogP contribution in [0.3, 0.4) is 0 Å². The summed E-state index contributed by atoms with van der Waals surface area (Å²) in [6.07, 6.45) is 5.32. The van der Waals surface area contributed by atoms with E-state index in [0.717, 1.165) is 25.7 Å². The molecule has 3 N–H and O–H groups in total. The molecule has 1 heterocycles. The van der Waals surface area contributed by atoms with Gasteiger partial charge < -0.3 is 4.74 Å². The van der Waals surface area contributed by atoms with Crippen LogP contribution in [0.1, 0.15) is 32.1 Å². The number of benzene rings is 1. The fraction of sp³-hybridized carbons (Fsp3) is 0.500. The third kappa shape index (κ3) is 5.03. The molecule has 1 atom stereocenters. The van der Waals surface area contributed by atoms with Crippen molar-refractivity contribution in [1.82, 2.24) is 25.7 Å². The Morgan fingerprint density at radius 2 is 2.14 bits per heavy atom. The Hall–Kier alpha value is -3.01. The molecule has 28 heavy (non-hydrogen) atoms. The lowest BCUT2D eigenvalue weighted by Crippen LogP contribution is -2.41. The van der Waals surface area contributed by atoms with Gasteiger partial charge in [-0.25, -0.2) is 10.0 Å². The molecule has 0 saturated heterocycles. The van der Waals surface area contributed by atoms with Gasteiger partial charge in [-0.15, -0.1) is 10.2 Å². The van der Waals surface area contributed by atoms with Gasteiger partial charge in [-0.05, 0) is 24.5 Å². The van der Waals surface area contributed by atoms with E-state index in [0.29, 0.717) is 40.6 Å². The van der Waals surface area contributed by atoms with Crippen LogP contribution in [-0.4, -0.2) is 51.4 Å². The van der Waals surface area contributed by atoms with E-state index in [1.807, 2.05) is 0 Å². The Morgan fingerprint density at radius 1 is 1.36 bits per heavy atom. The largest absolute Gasteiger partial charge is 0.497 e. The van der Waals surface area contributed by atoms with Crippen LogP contribution in [0.15, 0.2) is 18.2 Å². The standard InChI is InChI=1S/C18H24N6O4/c1-28-14-6-7-15-16(9-14)20-22-18(19-15)23-21-17(26)13(10-24(27)11-25)8-12-4-2-3-5-12/h6-7,9,11-13,27H,2-5,8,10H2,1H3,(H,21,26)(H,19,22,23). The molecule has 1 aromatic heterocycles. The van der Waals surface area contributed by atoms with E-state index < -0.39 is 5.92 Å². The zero-order valence-electron chi connectivity index (χ0n) is 15.7. The zero-order chi connectivity index (χ0) is 19.9. The normalized spacial score (nSPS) is 15.2. The van der Waals surface area contributed by atoms with E-state index in [1.54, 1.807) is 25.3 Å². The molecule has 0 bridgehead atoms. The monoisotopic (exact) mass is 388 g/mol. The second-order valence-electron chi connectivity index (χ2n) is 6.91. The van der Waals surface area contributed by atoms with Gasteiger partial charge in [0.25, 0.3) is 5.95 Å². The van der Waals surface area contributed by atoms with Gasteiger partial charge in [0.2, 0.25) is 12.3 Å². The van der Waals surface area contributed by atoms with Crippen molar-refractivity contribution in [2.24, 2.45) is 11.8 Å². The van der Waals surface area contributed by atoms with Crippen molar-refractivity contribution < 1.29 is 19.5 Å². The van der Waals surface area contributed by atoms with E-state index >= 15 is 0 Å². The van der Waals surface area contributed by atoms with Gasteiger partial charge in [-0.1, -0.05) is 25.7 Å². The molecule has 150 valence electrons. The molecule has 2 amide bonds. The first kappa shape index (κ1) is 19.7. The predicted molar refractivity (Wildman–Crippen MR) is 100 cm³/mol. The molecule has 10 heteroatoms. The maximum atomic E-state index is 12.6. The van der Waals surface area contributed by atoms with Crippen molar-refractivity contribution in [3.05, 3.63) is 18.2 Å². The minimum atomic E-state index is -0.538. The summed E-state index contributed by atoms with van der Waals surface area (Å²) in [5.74, 6) is 0.331. The number of carbonyl (C=O) groups excluding carboxylic acids is 2. The van der Waals surface area contributed by atoms with Crippen LogP contribution in [0.4, 0.5) is 5.95 Å². The number of methoxy groups -OCH3 is 1. The van der Waals surface area contributed by atoms with E-state index in [9.17, 15) is 14.8 Å². The molecule has 1 aliphatic rings. The van der Waals surface area contributed by atoms with Crippen LogP contribution < -0.4 is 15.6 Å². The van der Waals surface area contributed by atoms with Gasteiger partial charge in [0.05, 0.1) is 25.1 Å². The molecule has 10 nitrogen and oxygen atoms in total. The van der Waals surface area contributed by atoms with Crippen molar-refractivity contribution in [3.63, 3.8) is 0 Å². The third-order valence-electron chi connectivity index (χ3n) is 4.95. The number of nitrogens with one attached hydrogen (secondary N) is 2. The number of anilines is 1. The van der Waals surface area contributed by atoms with Gasteiger partial charge in [-0.2, -0.15) is 0 Å². The Balaban J connectivity index is 1.63. The molecular formula is C18H24N6O4. The van der Waals surface area contributed by atoms with Crippen molar-refractivity contribution in [2.75, 3.05) is 19.1 Å². The van der Waals surface area contributed by atoms with Crippen LogP contribution in [0.25, 0.3) is 11.0 Å². The second kappa shape index (κ2) is 9.27. The smallest absolute Gasteiger partial charge is 0.262 e. The van der Waals surface area contributed by atoms with Gasteiger partial charge in [-0.3, -0.25) is 25.6 Å². The summed E-state index contributed by atoms with van der Waals surface area (Å²) < 4.78 is 5.14. The Labute approximate surface area is 162 Å². The molecule has 1 saturated carbocycles. The Kier molecular flexibility index (Phi) is 6.53. The maximum absolute atomic E-state index is 12.6. The first-order valence-electron chi connectivity index (χ1n) is 9.24. The van der Waals surface area contributed by atoms with E-state index in [-0.39, 0.29) is 18.4 Å². The molecule has 1 aromatic carbocycles. The molecule has 1 aliphatic carbocycles. The van der Waals surface area contributed by atoms with Gasteiger partial charge in [0.1, 0.15) is 11.3 Å². The highest BCUT2D eigenvalue weighted by Crippen LogP contribution is 2.30. The van der Waals surface area contributed by atoms with Crippen LogP contribution in [0, 0.1) is 11.8 Å². The van der Waals surface area contributed by atoms with Crippen molar-refractivity contribution >= 4 is 29.3 Å². The molecule has 2 aromatic rings. The summed E-state index contributed by atoms with van der Waals surface area (Å²) in [5.41, 5.74) is 6.38. The summed E-state index contributed by atoms with van der Waals surface area (Å²) in [5, 5.41) is 18.0. The SMILES string of the molecule is COc1ccc2nc(NNC(=O)C(CC3CCCC3)CN(O)C=O)nnc2c1. The second-order valence-corrected chi connectivity index (χ2v) is 6.91. The fourth-order valence-corrected chi connectivity index (χ4v) is 3.50. The van der Waals surface area contributed by atoms with Crippen molar-refractivity contribution in [1.29, 1.82) is 0 Å². The number of fused-ring (bicyclic) bond motifs is 1. The zero-order valence-corrected chi connectivity index (χ0v) is 15.7. The number of hydroxylamine groups is 2. The number of hydrogen-bond donors (Lipinski definition) is 3. The highest BCUT2D eigenvalue weighted by atomic mass is 16.5. The maximum Gasteiger partial charge on any atom is 0.262 e. The summed E-state index contributed by atoms with van der Waals surface area (Å²) in [6, 6.07) is 5.21. The number of hydrazine groups is 1.